The average molecular weight is 265 g/mol. The zero-order valence-corrected chi connectivity index (χ0v) is 10.7. The average Bonchev–Trinajstić information content (AvgIpc) is 3.06. The van der Waals surface area contributed by atoms with Crippen LogP contribution in [-0.2, 0) is 4.79 Å². The molecule has 2 saturated carbocycles. The molecule has 2 aliphatic carbocycles. The molecule has 0 aromatic heterocycles. The molecule has 2 aliphatic rings. The van der Waals surface area contributed by atoms with Crippen LogP contribution >= 0.6 is 0 Å². The maximum absolute atomic E-state index is 13.6. The van der Waals surface area contributed by atoms with Gasteiger partial charge in [0.1, 0.15) is 11.6 Å². The zero-order valence-electron chi connectivity index (χ0n) is 10.7. The van der Waals surface area contributed by atoms with Crippen LogP contribution in [0.1, 0.15) is 37.2 Å². The summed E-state index contributed by atoms with van der Waals surface area (Å²) in [4.78, 5) is 11.9. The minimum Gasteiger partial charge on any atom is -0.356 e. The number of amides is 1. The third-order valence-electron chi connectivity index (χ3n) is 4.28. The van der Waals surface area contributed by atoms with Gasteiger partial charge in [0, 0.05) is 18.5 Å². The second-order valence-electron chi connectivity index (χ2n) is 5.66. The van der Waals surface area contributed by atoms with Crippen LogP contribution in [0.2, 0.25) is 0 Å². The van der Waals surface area contributed by atoms with Gasteiger partial charge < -0.3 is 5.32 Å². The number of halogens is 2. The van der Waals surface area contributed by atoms with Crippen LogP contribution in [-0.4, -0.2) is 12.5 Å². The predicted octanol–water partition coefficient (Wildman–Crippen LogP) is 2.98. The molecule has 4 heteroatoms. The van der Waals surface area contributed by atoms with E-state index in [0.717, 1.165) is 12.6 Å². The first-order valence-electron chi connectivity index (χ1n) is 6.88. The van der Waals surface area contributed by atoms with Crippen LogP contribution in [0.3, 0.4) is 0 Å². The van der Waals surface area contributed by atoms with Crippen molar-refractivity contribution in [3.8, 4) is 0 Å². The molecule has 2 nitrogen and oxygen atoms in total. The van der Waals surface area contributed by atoms with E-state index in [1.165, 1.54) is 31.4 Å². The van der Waals surface area contributed by atoms with E-state index in [0.29, 0.717) is 17.9 Å². The summed E-state index contributed by atoms with van der Waals surface area (Å²) in [7, 11) is 0. The molecule has 0 spiro atoms. The second kappa shape index (κ2) is 4.91. The highest BCUT2D eigenvalue weighted by Crippen LogP contribution is 2.48. The summed E-state index contributed by atoms with van der Waals surface area (Å²) in [6.45, 7) is 0.744. The Morgan fingerprint density at radius 1 is 1.32 bits per heavy atom. The van der Waals surface area contributed by atoms with Gasteiger partial charge in [-0.2, -0.15) is 0 Å². The number of benzene rings is 1. The van der Waals surface area contributed by atoms with Crippen LogP contribution in [0.4, 0.5) is 8.78 Å². The quantitative estimate of drug-likeness (QED) is 0.891. The van der Waals surface area contributed by atoms with Crippen molar-refractivity contribution in [2.24, 2.45) is 11.8 Å². The van der Waals surface area contributed by atoms with Crippen molar-refractivity contribution in [2.45, 2.75) is 31.6 Å². The fourth-order valence-corrected chi connectivity index (χ4v) is 2.70. The fraction of sp³-hybridized carbons (Fsp3) is 0.533. The first-order chi connectivity index (χ1) is 9.15. The number of carbonyl (C=O) groups excluding carboxylic acids is 1. The lowest BCUT2D eigenvalue weighted by molar-refractivity contribution is -0.122. The largest absolute Gasteiger partial charge is 0.356 e. The highest BCUT2D eigenvalue weighted by molar-refractivity contribution is 5.82. The lowest BCUT2D eigenvalue weighted by Gasteiger charge is -2.25. The number of nitrogens with one attached hydrogen (secondary N) is 1. The van der Waals surface area contributed by atoms with Crippen LogP contribution in [0.25, 0.3) is 0 Å². The molecule has 0 heterocycles. The van der Waals surface area contributed by atoms with Gasteiger partial charge >= 0.3 is 0 Å². The van der Waals surface area contributed by atoms with E-state index in [1.54, 1.807) is 0 Å². The summed E-state index contributed by atoms with van der Waals surface area (Å²) < 4.78 is 26.4. The Hall–Kier alpha value is -1.45. The van der Waals surface area contributed by atoms with E-state index in [-0.39, 0.29) is 17.7 Å². The zero-order chi connectivity index (χ0) is 13.4. The topological polar surface area (TPSA) is 29.1 Å². The number of hydrogen-bond acceptors (Lipinski definition) is 1. The Morgan fingerprint density at radius 2 is 2.11 bits per heavy atom. The van der Waals surface area contributed by atoms with Gasteiger partial charge in [0.2, 0.25) is 5.91 Å². The standard InChI is InChI=1S/C15H17F2NO/c16-10-4-5-11(14(17)6-10)12-7-13(12)15(19)18-8-9-2-1-3-9/h4-6,9,12-13H,1-3,7-8H2,(H,18,19)/t12-,13-/m1/s1. The molecule has 3 rings (SSSR count). The molecular formula is C15H17F2NO. The van der Waals surface area contributed by atoms with Crippen LogP contribution < -0.4 is 5.32 Å². The third-order valence-corrected chi connectivity index (χ3v) is 4.28. The lowest BCUT2D eigenvalue weighted by Crippen LogP contribution is -2.33. The van der Waals surface area contributed by atoms with Gasteiger partial charge in [-0.05, 0) is 42.7 Å². The van der Waals surface area contributed by atoms with E-state index in [1.807, 2.05) is 0 Å². The van der Waals surface area contributed by atoms with Crippen molar-refractivity contribution in [1.82, 2.24) is 5.32 Å². The molecule has 1 aromatic rings. The first-order valence-corrected chi connectivity index (χ1v) is 6.88. The lowest BCUT2D eigenvalue weighted by atomic mass is 9.85. The monoisotopic (exact) mass is 265 g/mol. The van der Waals surface area contributed by atoms with Crippen molar-refractivity contribution in [3.05, 3.63) is 35.4 Å². The SMILES string of the molecule is O=C(NCC1CCC1)[C@@H]1C[C@@H]1c1ccc(F)cc1F. The van der Waals surface area contributed by atoms with Gasteiger partial charge in [-0.3, -0.25) is 4.79 Å². The minimum atomic E-state index is -0.576. The molecule has 0 aliphatic heterocycles. The summed E-state index contributed by atoms with van der Waals surface area (Å²) in [6, 6.07) is 3.59. The molecule has 1 N–H and O–H groups in total. The molecule has 2 fully saturated rings. The number of hydrogen-bond donors (Lipinski definition) is 1. The van der Waals surface area contributed by atoms with E-state index >= 15 is 0 Å². The van der Waals surface area contributed by atoms with Crippen molar-refractivity contribution < 1.29 is 13.6 Å². The Labute approximate surface area is 111 Å². The molecule has 0 radical (unpaired) electrons. The minimum absolute atomic E-state index is 0.0145. The van der Waals surface area contributed by atoms with Gasteiger partial charge in [-0.15, -0.1) is 0 Å². The van der Waals surface area contributed by atoms with Crippen LogP contribution in [0.5, 0.6) is 0 Å². The smallest absolute Gasteiger partial charge is 0.223 e. The van der Waals surface area contributed by atoms with E-state index in [2.05, 4.69) is 5.32 Å². The fourth-order valence-electron chi connectivity index (χ4n) is 2.70. The highest BCUT2D eigenvalue weighted by Gasteiger charge is 2.45. The second-order valence-corrected chi connectivity index (χ2v) is 5.66. The Kier molecular flexibility index (Phi) is 3.25. The summed E-state index contributed by atoms with van der Waals surface area (Å²) in [5.74, 6) is -0.696. The van der Waals surface area contributed by atoms with Crippen molar-refractivity contribution >= 4 is 5.91 Å². The van der Waals surface area contributed by atoms with Crippen LogP contribution in [0.15, 0.2) is 18.2 Å². The Balaban J connectivity index is 1.55. The van der Waals surface area contributed by atoms with Gasteiger partial charge in [-0.1, -0.05) is 12.5 Å². The van der Waals surface area contributed by atoms with Gasteiger partial charge in [0.25, 0.3) is 0 Å². The highest BCUT2D eigenvalue weighted by atomic mass is 19.1. The molecule has 0 unspecified atom stereocenters. The van der Waals surface area contributed by atoms with Crippen molar-refractivity contribution in [1.29, 1.82) is 0 Å². The molecule has 0 saturated heterocycles. The first kappa shape index (κ1) is 12.6. The Morgan fingerprint density at radius 3 is 2.74 bits per heavy atom. The molecule has 1 amide bonds. The van der Waals surface area contributed by atoms with E-state index < -0.39 is 11.6 Å². The number of carbonyl (C=O) groups is 1. The predicted molar refractivity (Wildman–Crippen MR) is 67.6 cm³/mol. The van der Waals surface area contributed by atoms with Gasteiger partial charge in [0.05, 0.1) is 0 Å². The third kappa shape index (κ3) is 2.62. The molecular weight excluding hydrogens is 248 g/mol. The summed E-state index contributed by atoms with van der Waals surface area (Å²) in [6.07, 6.45) is 4.31. The number of rotatable bonds is 4. The van der Waals surface area contributed by atoms with Gasteiger partial charge in [0.15, 0.2) is 0 Å². The summed E-state index contributed by atoms with van der Waals surface area (Å²) in [5, 5.41) is 2.94. The normalized spacial score (nSPS) is 25.8. The molecule has 102 valence electrons. The van der Waals surface area contributed by atoms with E-state index in [4.69, 9.17) is 0 Å². The Bertz CT molecular complexity index is 499. The van der Waals surface area contributed by atoms with Crippen molar-refractivity contribution in [2.75, 3.05) is 6.54 Å². The maximum Gasteiger partial charge on any atom is 0.223 e. The molecule has 2 atom stereocenters. The summed E-state index contributed by atoms with van der Waals surface area (Å²) in [5.41, 5.74) is 0.463. The van der Waals surface area contributed by atoms with Gasteiger partial charge in [-0.25, -0.2) is 8.78 Å². The van der Waals surface area contributed by atoms with Crippen LogP contribution in [0, 0.1) is 23.5 Å². The van der Waals surface area contributed by atoms with Crippen molar-refractivity contribution in [3.63, 3.8) is 0 Å². The van der Waals surface area contributed by atoms with E-state index in [9.17, 15) is 13.6 Å². The molecule has 19 heavy (non-hydrogen) atoms. The molecule has 0 bridgehead atoms. The summed E-state index contributed by atoms with van der Waals surface area (Å²) >= 11 is 0. The maximum atomic E-state index is 13.6. The molecule has 1 aromatic carbocycles.